The average molecular weight is 311 g/mol. The molecule has 1 unspecified atom stereocenters. The van der Waals surface area contributed by atoms with Gasteiger partial charge in [-0.2, -0.15) is 0 Å². The van der Waals surface area contributed by atoms with Gasteiger partial charge < -0.3 is 15.4 Å². The number of hydrogen-bond acceptors (Lipinski definition) is 3. The van der Waals surface area contributed by atoms with Gasteiger partial charge in [0.2, 0.25) is 5.91 Å². The van der Waals surface area contributed by atoms with Crippen LogP contribution in [-0.4, -0.2) is 31.7 Å². The molecule has 1 fully saturated rings. The molecule has 0 aromatic heterocycles. The number of nitrogens with one attached hydrogen (secondary N) is 2. The van der Waals surface area contributed by atoms with Crippen molar-refractivity contribution in [3.63, 3.8) is 0 Å². The highest BCUT2D eigenvalue weighted by Crippen LogP contribution is 2.19. The number of hydrogen-bond donors (Lipinski definition) is 2. The fraction of sp³-hybridized carbons (Fsp3) is 0.562. The van der Waals surface area contributed by atoms with Gasteiger partial charge in [-0.1, -0.05) is 30.7 Å². The lowest BCUT2D eigenvalue weighted by Gasteiger charge is -2.23. The molecule has 1 saturated heterocycles. The molecule has 1 aliphatic heterocycles. The quantitative estimate of drug-likeness (QED) is 0.849. The zero-order chi connectivity index (χ0) is 15.1. The first kappa shape index (κ1) is 16.3. The van der Waals surface area contributed by atoms with Crippen molar-refractivity contribution in [1.82, 2.24) is 10.6 Å². The molecule has 2 rings (SSSR count). The Labute approximate surface area is 131 Å². The minimum Gasteiger partial charge on any atom is -0.368 e. The first-order valence-corrected chi connectivity index (χ1v) is 7.94. The fourth-order valence-corrected chi connectivity index (χ4v) is 2.63. The van der Waals surface area contributed by atoms with E-state index in [0.29, 0.717) is 5.02 Å². The van der Waals surface area contributed by atoms with Gasteiger partial charge >= 0.3 is 0 Å². The molecule has 0 aliphatic carbocycles. The maximum atomic E-state index is 12.0. The van der Waals surface area contributed by atoms with Crippen LogP contribution in [0.4, 0.5) is 0 Å². The Morgan fingerprint density at radius 3 is 2.67 bits per heavy atom. The molecule has 0 spiro atoms. The normalized spacial score (nSPS) is 17.4. The Bertz CT molecular complexity index is 444. The van der Waals surface area contributed by atoms with E-state index in [9.17, 15) is 4.79 Å². The van der Waals surface area contributed by atoms with Crippen LogP contribution in [0.3, 0.4) is 0 Å². The number of rotatable bonds is 6. The van der Waals surface area contributed by atoms with Crippen LogP contribution < -0.4 is 10.6 Å². The largest absolute Gasteiger partial charge is 0.368 e. The highest BCUT2D eigenvalue weighted by Gasteiger charge is 2.17. The molecule has 1 atom stereocenters. The summed E-state index contributed by atoms with van der Waals surface area (Å²) in [4.78, 5) is 12.0. The average Bonchev–Trinajstić information content (AvgIpc) is 2.52. The minimum absolute atomic E-state index is 0.00592. The standard InChI is InChI=1S/C16H23ClN2O2/c1-2-15(12-3-5-13(17)6-4-12)19-16(20)11-21-14-7-9-18-10-8-14/h3-6,14-15,18H,2,7-11H2,1H3,(H,19,20). The van der Waals surface area contributed by atoms with E-state index in [1.807, 2.05) is 31.2 Å². The molecule has 4 nitrogen and oxygen atoms in total. The van der Waals surface area contributed by atoms with Crippen molar-refractivity contribution in [1.29, 1.82) is 0 Å². The van der Waals surface area contributed by atoms with Gasteiger partial charge in [-0.3, -0.25) is 4.79 Å². The van der Waals surface area contributed by atoms with Crippen molar-refractivity contribution in [2.45, 2.75) is 38.3 Å². The highest BCUT2D eigenvalue weighted by molar-refractivity contribution is 6.30. The van der Waals surface area contributed by atoms with Crippen molar-refractivity contribution in [3.8, 4) is 0 Å². The van der Waals surface area contributed by atoms with Crippen LogP contribution in [0.1, 0.15) is 37.8 Å². The van der Waals surface area contributed by atoms with E-state index in [1.54, 1.807) is 0 Å². The number of piperidine rings is 1. The van der Waals surface area contributed by atoms with E-state index < -0.39 is 0 Å². The summed E-state index contributed by atoms with van der Waals surface area (Å²) in [5.74, 6) is -0.0599. The van der Waals surface area contributed by atoms with Crippen molar-refractivity contribution < 1.29 is 9.53 Å². The summed E-state index contributed by atoms with van der Waals surface area (Å²) in [7, 11) is 0. The van der Waals surface area contributed by atoms with Crippen LogP contribution in [0.2, 0.25) is 5.02 Å². The molecule has 1 amide bonds. The zero-order valence-electron chi connectivity index (χ0n) is 12.4. The van der Waals surface area contributed by atoms with Gasteiger partial charge in [0.1, 0.15) is 6.61 Å². The first-order chi connectivity index (χ1) is 10.2. The van der Waals surface area contributed by atoms with Gasteiger partial charge in [0.05, 0.1) is 12.1 Å². The summed E-state index contributed by atoms with van der Waals surface area (Å²) in [6, 6.07) is 7.59. The second-order valence-electron chi connectivity index (χ2n) is 5.34. The fourth-order valence-electron chi connectivity index (χ4n) is 2.51. The third-order valence-electron chi connectivity index (χ3n) is 3.75. The second-order valence-corrected chi connectivity index (χ2v) is 5.78. The van der Waals surface area contributed by atoms with E-state index in [4.69, 9.17) is 16.3 Å². The molecule has 0 bridgehead atoms. The lowest BCUT2D eigenvalue weighted by atomic mass is 10.0. The zero-order valence-corrected chi connectivity index (χ0v) is 13.2. The van der Waals surface area contributed by atoms with E-state index in [-0.39, 0.29) is 24.7 Å². The molecule has 0 saturated carbocycles. The maximum Gasteiger partial charge on any atom is 0.246 e. The van der Waals surface area contributed by atoms with E-state index in [0.717, 1.165) is 37.9 Å². The molecular weight excluding hydrogens is 288 g/mol. The molecular formula is C16H23ClN2O2. The number of amides is 1. The van der Waals surface area contributed by atoms with Crippen molar-refractivity contribution in [2.75, 3.05) is 19.7 Å². The SMILES string of the molecule is CCC(NC(=O)COC1CCNCC1)c1ccc(Cl)cc1. The number of carbonyl (C=O) groups excluding carboxylic acids is 1. The topological polar surface area (TPSA) is 50.4 Å². The molecule has 21 heavy (non-hydrogen) atoms. The first-order valence-electron chi connectivity index (χ1n) is 7.56. The molecule has 5 heteroatoms. The smallest absolute Gasteiger partial charge is 0.246 e. The predicted octanol–water partition coefficient (Wildman–Crippen LogP) is 2.68. The van der Waals surface area contributed by atoms with Crippen LogP contribution >= 0.6 is 11.6 Å². The van der Waals surface area contributed by atoms with E-state index in [2.05, 4.69) is 10.6 Å². The lowest BCUT2D eigenvalue weighted by molar-refractivity contribution is -0.129. The summed E-state index contributed by atoms with van der Waals surface area (Å²) in [5, 5.41) is 7.00. The number of carbonyl (C=O) groups is 1. The van der Waals surface area contributed by atoms with Gasteiger partial charge in [0.15, 0.2) is 0 Å². The molecule has 1 aromatic carbocycles. The molecule has 1 aromatic rings. The van der Waals surface area contributed by atoms with Gasteiger partial charge in [-0.25, -0.2) is 0 Å². The highest BCUT2D eigenvalue weighted by atomic mass is 35.5. The molecule has 2 N–H and O–H groups in total. The van der Waals surface area contributed by atoms with Crippen LogP contribution in [0.25, 0.3) is 0 Å². The minimum atomic E-state index is -0.0599. The van der Waals surface area contributed by atoms with Crippen molar-refractivity contribution >= 4 is 17.5 Å². The summed E-state index contributed by atoms with van der Waals surface area (Å²) in [6.45, 7) is 4.12. The molecule has 0 radical (unpaired) electrons. The Morgan fingerprint density at radius 1 is 1.38 bits per heavy atom. The van der Waals surface area contributed by atoms with Gasteiger partial charge in [0.25, 0.3) is 0 Å². The Morgan fingerprint density at radius 2 is 2.05 bits per heavy atom. The monoisotopic (exact) mass is 310 g/mol. The molecule has 1 aliphatic rings. The van der Waals surface area contributed by atoms with Crippen LogP contribution in [0.5, 0.6) is 0 Å². The van der Waals surface area contributed by atoms with E-state index in [1.165, 1.54) is 0 Å². The molecule has 116 valence electrons. The Balaban J connectivity index is 1.80. The Hall–Kier alpha value is -1.10. The van der Waals surface area contributed by atoms with E-state index >= 15 is 0 Å². The number of benzene rings is 1. The third-order valence-corrected chi connectivity index (χ3v) is 4.00. The summed E-state index contributed by atoms with van der Waals surface area (Å²) < 4.78 is 5.67. The van der Waals surface area contributed by atoms with Gasteiger partial charge in [0, 0.05) is 5.02 Å². The summed E-state index contributed by atoms with van der Waals surface area (Å²) in [6.07, 6.45) is 2.98. The van der Waals surface area contributed by atoms with Crippen molar-refractivity contribution in [3.05, 3.63) is 34.9 Å². The van der Waals surface area contributed by atoms with Crippen molar-refractivity contribution in [2.24, 2.45) is 0 Å². The summed E-state index contributed by atoms with van der Waals surface area (Å²) >= 11 is 5.89. The molecule has 1 heterocycles. The lowest BCUT2D eigenvalue weighted by Crippen LogP contribution is -2.36. The van der Waals surface area contributed by atoms with Gasteiger partial charge in [-0.05, 0) is 50.0 Å². The van der Waals surface area contributed by atoms with Crippen LogP contribution in [0, 0.1) is 0 Å². The van der Waals surface area contributed by atoms with Crippen LogP contribution in [-0.2, 0) is 9.53 Å². The maximum absolute atomic E-state index is 12.0. The summed E-state index contributed by atoms with van der Waals surface area (Å²) in [5.41, 5.74) is 1.07. The number of halogens is 1. The third kappa shape index (κ3) is 5.30. The second kappa shape index (κ2) is 8.37. The predicted molar refractivity (Wildman–Crippen MR) is 84.5 cm³/mol. The van der Waals surface area contributed by atoms with Crippen LogP contribution in [0.15, 0.2) is 24.3 Å². The Kier molecular flexibility index (Phi) is 6.49. The number of ether oxygens (including phenoxy) is 1. The van der Waals surface area contributed by atoms with Gasteiger partial charge in [-0.15, -0.1) is 0 Å².